The van der Waals surface area contributed by atoms with Crippen molar-refractivity contribution in [2.75, 3.05) is 6.61 Å². The number of benzene rings is 1. The first kappa shape index (κ1) is 15.8. The Kier molecular flexibility index (Phi) is 3.25. The molecule has 9 nitrogen and oxygen atoms in total. The van der Waals surface area contributed by atoms with Crippen molar-refractivity contribution in [1.82, 2.24) is 0 Å². The van der Waals surface area contributed by atoms with Gasteiger partial charge in [-0.1, -0.05) is 0 Å². The molecule has 0 amide bonds. The van der Waals surface area contributed by atoms with Crippen molar-refractivity contribution < 1.29 is 42.9 Å². The molecule has 0 saturated heterocycles. The van der Waals surface area contributed by atoms with Gasteiger partial charge in [0.1, 0.15) is 11.1 Å². The second kappa shape index (κ2) is 4.95. The predicted molar refractivity (Wildman–Crippen MR) is 75.4 cm³/mol. The molecule has 126 valence electrons. The van der Waals surface area contributed by atoms with Crippen LogP contribution in [0.4, 0.5) is 0 Å². The van der Waals surface area contributed by atoms with E-state index in [4.69, 9.17) is 18.6 Å². The molecule has 2 aromatic rings. The Hall–Kier alpha value is -3.10. The van der Waals surface area contributed by atoms with Crippen molar-refractivity contribution in [1.29, 1.82) is 0 Å². The minimum Gasteiger partial charge on any atom is -0.478 e. The van der Waals surface area contributed by atoms with E-state index in [0.717, 1.165) is 0 Å². The van der Waals surface area contributed by atoms with Crippen LogP contribution in [0.1, 0.15) is 41.5 Å². The lowest BCUT2D eigenvalue weighted by Crippen LogP contribution is -2.27. The molecule has 0 unspecified atom stereocenters. The fraction of sp³-hybridized carbons (Fsp3) is 0.333. The molecule has 9 heteroatoms. The zero-order valence-corrected chi connectivity index (χ0v) is 12.9. The molecule has 3 rings (SSSR count). The first-order valence-corrected chi connectivity index (χ1v) is 6.86. The van der Waals surface area contributed by atoms with Crippen LogP contribution in [-0.4, -0.2) is 35.6 Å². The van der Waals surface area contributed by atoms with E-state index in [0.29, 0.717) is 0 Å². The van der Waals surface area contributed by atoms with Gasteiger partial charge < -0.3 is 23.7 Å². The Balaban J connectivity index is 1.81. The van der Waals surface area contributed by atoms with Crippen molar-refractivity contribution in [2.24, 2.45) is 5.41 Å². The number of furan rings is 2. The van der Waals surface area contributed by atoms with Crippen LogP contribution in [-0.2, 0) is 14.3 Å². The summed E-state index contributed by atoms with van der Waals surface area (Å²) in [5, 5.41) is 9.18. The third kappa shape index (κ3) is 2.25. The maximum absolute atomic E-state index is 11.8. The quantitative estimate of drug-likeness (QED) is 0.653. The average Bonchev–Trinajstić information content (AvgIpc) is 3.06. The summed E-state index contributed by atoms with van der Waals surface area (Å²) >= 11 is 0. The Morgan fingerprint density at radius 3 is 2.42 bits per heavy atom. The number of carbonyl (C=O) groups is 4. The molecule has 1 N–H and O–H groups in total. The fourth-order valence-electron chi connectivity index (χ4n) is 2.17. The van der Waals surface area contributed by atoms with E-state index >= 15 is 0 Å². The monoisotopic (exact) mass is 336 g/mol. The first-order valence-electron chi connectivity index (χ1n) is 6.86. The Labute approximate surface area is 134 Å². The summed E-state index contributed by atoms with van der Waals surface area (Å²) < 4.78 is 19.8. The molecule has 0 atom stereocenters. The number of carbonyl (C=O) groups excluding carboxylic acids is 3. The van der Waals surface area contributed by atoms with Crippen molar-refractivity contribution in [3.8, 4) is 11.5 Å². The first-order chi connectivity index (χ1) is 11.1. The van der Waals surface area contributed by atoms with Gasteiger partial charge in [0, 0.05) is 0 Å². The lowest BCUT2D eigenvalue weighted by atomic mass is 9.97. The van der Waals surface area contributed by atoms with Crippen LogP contribution >= 0.6 is 0 Å². The van der Waals surface area contributed by atoms with Crippen molar-refractivity contribution in [3.63, 3.8) is 0 Å². The highest BCUT2D eigenvalue weighted by molar-refractivity contribution is 6.20. The second-order valence-corrected chi connectivity index (χ2v) is 6.16. The molecular weight excluding hydrogens is 324 g/mol. The van der Waals surface area contributed by atoms with E-state index < -0.39 is 41.5 Å². The maximum atomic E-state index is 11.8. The molecule has 0 radical (unpaired) electrons. The number of carboxylic acids is 1. The molecule has 3 heterocycles. The van der Waals surface area contributed by atoms with Gasteiger partial charge >= 0.3 is 23.9 Å². The molecular formula is C15H12O9. The number of carboxylic acid groups (broad SMARTS) is 1. The SMILES string of the molecule is CC(C)(C)C(=O)OCC(=O)Oc1c2c3oc1c(C(=O)O)c3C(=O)O2. The summed E-state index contributed by atoms with van der Waals surface area (Å²) in [5.41, 5.74) is -1.78. The number of ether oxygens (including phenoxy) is 3. The zero-order valence-electron chi connectivity index (χ0n) is 12.9. The van der Waals surface area contributed by atoms with Crippen LogP contribution in [0.3, 0.4) is 0 Å². The highest BCUT2D eigenvalue weighted by atomic mass is 16.6. The molecule has 0 saturated carbocycles. The molecule has 1 aliphatic rings. The van der Waals surface area contributed by atoms with E-state index in [-0.39, 0.29) is 28.2 Å². The average molecular weight is 336 g/mol. The molecule has 2 aromatic heterocycles. The van der Waals surface area contributed by atoms with E-state index in [1.807, 2.05) is 0 Å². The Morgan fingerprint density at radius 2 is 1.83 bits per heavy atom. The molecule has 0 aromatic carbocycles. The summed E-state index contributed by atoms with van der Waals surface area (Å²) in [6.45, 7) is 4.17. The summed E-state index contributed by atoms with van der Waals surface area (Å²) in [6.07, 6.45) is 0. The van der Waals surface area contributed by atoms with E-state index in [9.17, 15) is 24.3 Å². The van der Waals surface area contributed by atoms with Crippen molar-refractivity contribution in [3.05, 3.63) is 11.1 Å². The largest absolute Gasteiger partial charge is 0.478 e. The van der Waals surface area contributed by atoms with Crippen LogP contribution < -0.4 is 9.47 Å². The van der Waals surface area contributed by atoms with Crippen LogP contribution in [0.15, 0.2) is 4.42 Å². The molecule has 1 aliphatic heterocycles. The summed E-state index contributed by atoms with van der Waals surface area (Å²) in [4.78, 5) is 46.4. The van der Waals surface area contributed by atoms with Crippen LogP contribution in [0.5, 0.6) is 11.5 Å². The topological polar surface area (TPSA) is 129 Å². The maximum Gasteiger partial charge on any atom is 0.349 e. The highest BCUT2D eigenvalue weighted by Crippen LogP contribution is 2.51. The van der Waals surface area contributed by atoms with Gasteiger partial charge in [0.2, 0.25) is 11.5 Å². The lowest BCUT2D eigenvalue weighted by Gasteiger charge is -2.15. The van der Waals surface area contributed by atoms with Gasteiger partial charge in [0.25, 0.3) is 0 Å². The Morgan fingerprint density at radius 1 is 1.17 bits per heavy atom. The summed E-state index contributed by atoms with van der Waals surface area (Å²) in [6, 6.07) is 0. The number of aromatic carboxylic acids is 1. The summed E-state index contributed by atoms with van der Waals surface area (Å²) in [5.74, 6) is -4.34. The van der Waals surface area contributed by atoms with E-state index in [1.54, 1.807) is 20.8 Å². The number of rotatable bonds is 4. The van der Waals surface area contributed by atoms with Gasteiger partial charge in [-0.15, -0.1) is 0 Å². The standard InChI is InChI=1S/C15H12O9/c1-15(2,3)14(20)21-4-5(16)22-10-8-6(12(17)18)7-9(23-8)11(10)24-13(7)19/h4H2,1-3H3,(H,17,18). The van der Waals surface area contributed by atoms with Crippen LogP contribution in [0, 0.1) is 5.41 Å². The lowest BCUT2D eigenvalue weighted by molar-refractivity contribution is -0.160. The highest BCUT2D eigenvalue weighted by Gasteiger charge is 2.43. The minimum atomic E-state index is -1.42. The molecule has 0 spiro atoms. The molecule has 0 aliphatic carbocycles. The Bertz CT molecular complexity index is 881. The molecule has 24 heavy (non-hydrogen) atoms. The van der Waals surface area contributed by atoms with Gasteiger partial charge in [-0.3, -0.25) is 4.79 Å². The van der Waals surface area contributed by atoms with Crippen molar-refractivity contribution in [2.45, 2.75) is 20.8 Å². The number of hydrogen-bond acceptors (Lipinski definition) is 8. The van der Waals surface area contributed by atoms with Gasteiger partial charge in [0.15, 0.2) is 17.8 Å². The predicted octanol–water partition coefficient (Wildman–Crippen LogP) is 1.60. The molecule has 0 fully saturated rings. The fourth-order valence-corrected chi connectivity index (χ4v) is 2.17. The van der Waals surface area contributed by atoms with Crippen molar-refractivity contribution >= 4 is 35.0 Å². The summed E-state index contributed by atoms with van der Waals surface area (Å²) in [7, 11) is 0. The third-order valence-electron chi connectivity index (χ3n) is 3.29. The van der Waals surface area contributed by atoms with E-state index in [2.05, 4.69) is 0 Å². The molecule has 2 bridgehead atoms. The number of fused-ring (bicyclic) bond motifs is 1. The van der Waals surface area contributed by atoms with Gasteiger partial charge in [0.05, 0.1) is 5.41 Å². The van der Waals surface area contributed by atoms with Gasteiger partial charge in [-0.25, -0.2) is 14.4 Å². The third-order valence-corrected chi connectivity index (χ3v) is 3.29. The van der Waals surface area contributed by atoms with Gasteiger partial charge in [-0.2, -0.15) is 0 Å². The normalized spacial score (nSPS) is 13.2. The minimum absolute atomic E-state index is 0.0816. The second-order valence-electron chi connectivity index (χ2n) is 6.16. The van der Waals surface area contributed by atoms with E-state index in [1.165, 1.54) is 0 Å². The number of hydrogen-bond donors (Lipinski definition) is 1. The number of esters is 3. The zero-order chi connectivity index (χ0) is 17.8. The van der Waals surface area contributed by atoms with Crippen LogP contribution in [0.25, 0.3) is 11.2 Å². The van der Waals surface area contributed by atoms with Gasteiger partial charge in [-0.05, 0) is 20.8 Å². The van der Waals surface area contributed by atoms with Crippen LogP contribution in [0.2, 0.25) is 0 Å². The smallest absolute Gasteiger partial charge is 0.349 e.